The average molecular weight is 599 g/mol. The lowest BCUT2D eigenvalue weighted by atomic mass is 10.1. The highest BCUT2D eigenvalue weighted by Gasteiger charge is 2.29. The molecule has 8 nitrogen and oxygen atoms in total. The van der Waals surface area contributed by atoms with Crippen molar-refractivity contribution in [1.82, 2.24) is 14.7 Å². The van der Waals surface area contributed by atoms with Crippen LogP contribution >= 0.6 is 11.3 Å². The molecule has 0 aliphatic heterocycles. The van der Waals surface area contributed by atoms with E-state index in [1.165, 1.54) is 11.3 Å². The number of aryl methyl sites for hydroxylation is 1. The lowest BCUT2D eigenvalue weighted by Gasteiger charge is -2.06. The Morgan fingerprint density at radius 3 is 2.02 bits per heavy atom. The van der Waals surface area contributed by atoms with Gasteiger partial charge in [-0.05, 0) is 48.9 Å². The number of nitrogens with zero attached hydrogens (tertiary/aromatic N) is 6. The van der Waals surface area contributed by atoms with E-state index in [9.17, 15) is 10.2 Å². The second kappa shape index (κ2) is 11.3. The summed E-state index contributed by atoms with van der Waals surface area (Å²) >= 11 is 1.53. The van der Waals surface area contributed by atoms with Crippen LogP contribution in [0.25, 0.3) is 37.6 Å². The molecule has 0 aliphatic carbocycles. The zero-order valence-electron chi connectivity index (χ0n) is 24.3. The molecule has 7 rings (SSSR count). The molecule has 0 saturated carbocycles. The Labute approximate surface area is 257 Å². The smallest absolute Gasteiger partial charge is 0.275 e. The quantitative estimate of drug-likeness (QED) is 0.117. The first-order valence-corrected chi connectivity index (χ1v) is 15.3. The maximum absolute atomic E-state index is 10.8. The normalized spacial score (nSPS) is 12.3. The van der Waals surface area contributed by atoms with Gasteiger partial charge >= 0.3 is 0 Å². The molecule has 2 heterocycles. The van der Waals surface area contributed by atoms with E-state index in [0.29, 0.717) is 29.3 Å². The molecule has 2 aromatic heterocycles. The van der Waals surface area contributed by atoms with Crippen molar-refractivity contribution >= 4 is 60.8 Å². The Hall–Kier alpha value is -5.41. The fraction of sp³-hybridized carbons (Fsp3) is 0.114. The summed E-state index contributed by atoms with van der Waals surface area (Å²) in [6.45, 7) is 5.51. The zero-order valence-corrected chi connectivity index (χ0v) is 25.1. The number of hydrogen-bond acceptors (Lipinski definition) is 5. The van der Waals surface area contributed by atoms with Gasteiger partial charge in [0.2, 0.25) is 4.80 Å². The number of fused-ring (bicyclic) bond motifs is 3. The van der Waals surface area contributed by atoms with Crippen molar-refractivity contribution in [2.75, 3.05) is 0 Å². The van der Waals surface area contributed by atoms with Crippen molar-refractivity contribution in [1.29, 1.82) is 0 Å². The van der Waals surface area contributed by atoms with Gasteiger partial charge in [-0.1, -0.05) is 94.9 Å². The third-order valence-corrected chi connectivity index (χ3v) is 8.82. The van der Waals surface area contributed by atoms with Gasteiger partial charge in [0.05, 0.1) is 0 Å². The second-order valence-electron chi connectivity index (χ2n) is 10.3. The first kappa shape index (κ1) is 27.4. The SMILES string of the molecule is CCn1c(=N[N]c2c(O)ccc3ccccc23)sc2c1c(C=Nc1c(O)ccc3ccccc13)[n+](CC)n2-c1ccccc1. The highest BCUT2D eigenvalue weighted by atomic mass is 32.1. The van der Waals surface area contributed by atoms with E-state index < -0.39 is 0 Å². The van der Waals surface area contributed by atoms with Crippen LogP contribution in [0.1, 0.15) is 19.5 Å². The third-order valence-electron chi connectivity index (χ3n) is 7.77. The van der Waals surface area contributed by atoms with E-state index in [4.69, 9.17) is 10.1 Å². The van der Waals surface area contributed by atoms with Gasteiger partial charge in [0.25, 0.3) is 5.69 Å². The van der Waals surface area contributed by atoms with Crippen molar-refractivity contribution in [3.63, 3.8) is 0 Å². The van der Waals surface area contributed by atoms with Gasteiger partial charge in [0, 0.05) is 17.3 Å². The van der Waals surface area contributed by atoms with E-state index in [2.05, 4.69) is 45.3 Å². The molecule has 7 aromatic rings. The molecular formula is C35H30N6O2S+. The van der Waals surface area contributed by atoms with Crippen LogP contribution in [0.2, 0.25) is 0 Å². The van der Waals surface area contributed by atoms with E-state index in [0.717, 1.165) is 43.3 Å². The van der Waals surface area contributed by atoms with Crippen LogP contribution in [-0.4, -0.2) is 25.7 Å². The molecular weight excluding hydrogens is 568 g/mol. The van der Waals surface area contributed by atoms with Crippen molar-refractivity contribution in [3.05, 3.63) is 114 Å². The number of rotatable bonds is 7. The van der Waals surface area contributed by atoms with Gasteiger partial charge in [-0.25, -0.2) is 4.99 Å². The van der Waals surface area contributed by atoms with Gasteiger partial charge in [0.15, 0.2) is 16.9 Å². The lowest BCUT2D eigenvalue weighted by molar-refractivity contribution is -0.762. The lowest BCUT2D eigenvalue weighted by Crippen LogP contribution is -2.44. The molecule has 0 atom stereocenters. The summed E-state index contributed by atoms with van der Waals surface area (Å²) < 4.78 is 6.50. The number of benzene rings is 5. The number of para-hydroxylation sites is 1. The van der Waals surface area contributed by atoms with Gasteiger partial charge in [0.1, 0.15) is 34.8 Å². The standard InChI is InChI=1S/C35H29N6O2S/c1-3-39-33-28(22-36-31-26-16-10-8-12-23(26)18-20-29(31)42)40(4-2)41(25-14-6-5-7-15-25)34(33)44-35(39)38-37-32-27-17-11-9-13-24(27)19-21-30(32)43/h5-22,43H,3-4H2,1-2H3/p+1. The number of phenols is 2. The minimum Gasteiger partial charge on any atom is -0.506 e. The summed E-state index contributed by atoms with van der Waals surface area (Å²) in [6, 6.07) is 33.0. The third kappa shape index (κ3) is 4.58. The maximum Gasteiger partial charge on any atom is 0.275 e. The minimum absolute atomic E-state index is 0.0805. The van der Waals surface area contributed by atoms with Crippen LogP contribution in [-0.2, 0) is 13.1 Å². The average Bonchev–Trinajstić information content (AvgIpc) is 3.57. The number of aromatic nitrogens is 3. The maximum atomic E-state index is 10.8. The Morgan fingerprint density at radius 1 is 0.750 bits per heavy atom. The van der Waals surface area contributed by atoms with Crippen LogP contribution in [0, 0.1) is 0 Å². The number of aliphatic imine (C=N–C) groups is 1. The molecule has 2 N–H and O–H groups in total. The molecule has 0 amide bonds. The number of hydrogen-bond donors (Lipinski definition) is 2. The van der Waals surface area contributed by atoms with Crippen molar-refractivity contribution in [2.45, 2.75) is 26.9 Å². The second-order valence-corrected chi connectivity index (χ2v) is 11.3. The topological polar surface area (TPSA) is 93.0 Å². The first-order chi connectivity index (χ1) is 21.6. The summed E-state index contributed by atoms with van der Waals surface area (Å²) in [7, 11) is 0. The van der Waals surface area contributed by atoms with Gasteiger partial charge < -0.3 is 14.8 Å². The predicted molar refractivity (Wildman–Crippen MR) is 177 cm³/mol. The number of aromatic hydroxyl groups is 2. The fourth-order valence-corrected chi connectivity index (χ4v) is 6.90. The Bertz CT molecular complexity index is 2260. The van der Waals surface area contributed by atoms with Crippen LogP contribution in [0.15, 0.2) is 113 Å². The van der Waals surface area contributed by atoms with Crippen LogP contribution < -0.4 is 14.9 Å². The molecule has 9 heteroatoms. The summed E-state index contributed by atoms with van der Waals surface area (Å²) in [4.78, 5) is 6.57. The first-order valence-electron chi connectivity index (χ1n) is 14.5. The summed E-state index contributed by atoms with van der Waals surface area (Å²) in [5, 5.41) is 29.9. The summed E-state index contributed by atoms with van der Waals surface area (Å²) in [5.74, 6) is 0.205. The highest BCUT2D eigenvalue weighted by molar-refractivity contribution is 7.16. The van der Waals surface area contributed by atoms with E-state index >= 15 is 0 Å². The number of thiazole rings is 1. The van der Waals surface area contributed by atoms with E-state index in [1.807, 2.05) is 85.1 Å². The fourth-order valence-electron chi connectivity index (χ4n) is 5.71. The van der Waals surface area contributed by atoms with Crippen molar-refractivity contribution < 1.29 is 14.9 Å². The molecule has 0 aliphatic rings. The molecule has 1 radical (unpaired) electrons. The molecule has 0 saturated heterocycles. The van der Waals surface area contributed by atoms with E-state index in [1.54, 1.807) is 12.1 Å². The molecule has 0 fully saturated rings. The molecule has 217 valence electrons. The monoisotopic (exact) mass is 598 g/mol. The van der Waals surface area contributed by atoms with Gasteiger partial charge in [-0.2, -0.15) is 0 Å². The minimum atomic E-state index is 0.0805. The largest absolute Gasteiger partial charge is 0.506 e. The van der Waals surface area contributed by atoms with Crippen LogP contribution in [0.4, 0.5) is 11.4 Å². The van der Waals surface area contributed by atoms with Crippen molar-refractivity contribution in [3.8, 4) is 17.2 Å². The Morgan fingerprint density at radius 2 is 1.36 bits per heavy atom. The van der Waals surface area contributed by atoms with E-state index in [-0.39, 0.29) is 11.5 Å². The molecule has 5 aromatic carbocycles. The van der Waals surface area contributed by atoms with Crippen LogP contribution in [0.3, 0.4) is 0 Å². The highest BCUT2D eigenvalue weighted by Crippen LogP contribution is 2.35. The van der Waals surface area contributed by atoms with Crippen molar-refractivity contribution in [2.24, 2.45) is 10.1 Å². The summed E-state index contributed by atoms with van der Waals surface area (Å²) in [6.07, 6.45) is 1.84. The zero-order chi connectivity index (χ0) is 30.2. The predicted octanol–water partition coefficient (Wildman–Crippen LogP) is 7.04. The van der Waals surface area contributed by atoms with Gasteiger partial charge in [-0.3, -0.25) is 0 Å². The molecule has 0 bridgehead atoms. The molecule has 0 unspecified atom stereocenters. The number of phenolic OH excluding ortho intramolecular Hbond substituents is 2. The van der Waals surface area contributed by atoms with Gasteiger partial charge in [-0.15, -0.1) is 15.2 Å². The molecule has 44 heavy (non-hydrogen) atoms. The Kier molecular flexibility index (Phi) is 7.07. The summed E-state index contributed by atoms with van der Waals surface area (Å²) in [5.41, 5.74) is 8.39. The Balaban J connectivity index is 1.46. The molecule has 0 spiro atoms. The van der Waals surface area contributed by atoms with Crippen LogP contribution in [0.5, 0.6) is 11.5 Å².